The molecule has 7 nitrogen and oxygen atoms in total. The SMILES string of the molecule is C=C(C)c1cc(NC(=O)C(C)(C)S(=O)(=O)NCC)no1. The van der Waals surface area contributed by atoms with E-state index in [2.05, 4.69) is 21.8 Å². The lowest BCUT2D eigenvalue weighted by molar-refractivity contribution is -0.117. The van der Waals surface area contributed by atoms with E-state index in [0.717, 1.165) is 0 Å². The van der Waals surface area contributed by atoms with Crippen LogP contribution in [0.1, 0.15) is 33.5 Å². The van der Waals surface area contributed by atoms with Crippen molar-refractivity contribution in [3.63, 3.8) is 0 Å². The number of nitrogens with one attached hydrogen (secondary N) is 2. The van der Waals surface area contributed by atoms with Gasteiger partial charge in [-0.05, 0) is 26.3 Å². The zero-order valence-corrected chi connectivity index (χ0v) is 12.8. The number of rotatable bonds is 6. The van der Waals surface area contributed by atoms with Crippen molar-refractivity contribution in [2.45, 2.75) is 32.4 Å². The lowest BCUT2D eigenvalue weighted by atomic mass is 10.2. The fraction of sp³-hybridized carbons (Fsp3) is 0.500. The fourth-order valence-electron chi connectivity index (χ4n) is 1.29. The van der Waals surface area contributed by atoms with Gasteiger partial charge in [0.2, 0.25) is 15.9 Å². The number of carbonyl (C=O) groups is 1. The first kappa shape index (κ1) is 16.4. The lowest BCUT2D eigenvalue weighted by Gasteiger charge is -2.22. The smallest absolute Gasteiger partial charge is 0.247 e. The minimum atomic E-state index is -3.78. The molecule has 0 radical (unpaired) electrons. The van der Waals surface area contributed by atoms with Crippen LogP contribution < -0.4 is 10.0 Å². The van der Waals surface area contributed by atoms with E-state index in [1.807, 2.05) is 0 Å². The molecule has 0 aliphatic carbocycles. The van der Waals surface area contributed by atoms with Crippen molar-refractivity contribution in [1.82, 2.24) is 9.88 Å². The van der Waals surface area contributed by atoms with E-state index in [9.17, 15) is 13.2 Å². The summed E-state index contributed by atoms with van der Waals surface area (Å²) in [5.74, 6) is -0.125. The number of amides is 1. The molecule has 0 unspecified atom stereocenters. The summed E-state index contributed by atoms with van der Waals surface area (Å²) in [5, 5.41) is 6.05. The van der Waals surface area contributed by atoms with Crippen LogP contribution in [0.4, 0.5) is 5.82 Å². The minimum absolute atomic E-state index is 0.146. The highest BCUT2D eigenvalue weighted by atomic mass is 32.2. The maximum Gasteiger partial charge on any atom is 0.247 e. The Balaban J connectivity index is 2.92. The van der Waals surface area contributed by atoms with E-state index < -0.39 is 20.7 Å². The Kier molecular flexibility index (Phi) is 4.72. The molecule has 0 aliphatic rings. The quantitative estimate of drug-likeness (QED) is 0.826. The minimum Gasteiger partial charge on any atom is -0.354 e. The molecule has 1 heterocycles. The predicted molar refractivity (Wildman–Crippen MR) is 76.5 cm³/mol. The van der Waals surface area contributed by atoms with Gasteiger partial charge in [0.05, 0.1) is 0 Å². The molecule has 0 saturated heterocycles. The predicted octanol–water partition coefficient (Wildman–Crippen LogP) is 1.36. The molecule has 0 saturated carbocycles. The van der Waals surface area contributed by atoms with E-state index in [4.69, 9.17) is 4.52 Å². The first-order valence-corrected chi connectivity index (χ1v) is 7.53. The van der Waals surface area contributed by atoms with Crippen LogP contribution in [0.5, 0.6) is 0 Å². The van der Waals surface area contributed by atoms with Gasteiger partial charge in [0, 0.05) is 12.6 Å². The second kappa shape index (κ2) is 5.76. The van der Waals surface area contributed by atoms with Gasteiger partial charge in [-0.25, -0.2) is 13.1 Å². The Morgan fingerprint density at radius 3 is 2.55 bits per heavy atom. The van der Waals surface area contributed by atoms with Crippen LogP contribution in [0.2, 0.25) is 0 Å². The molecule has 112 valence electrons. The third-order valence-corrected chi connectivity index (χ3v) is 4.92. The average Bonchev–Trinajstić information content (AvgIpc) is 2.77. The van der Waals surface area contributed by atoms with Crippen LogP contribution in [-0.2, 0) is 14.8 Å². The monoisotopic (exact) mass is 301 g/mol. The highest BCUT2D eigenvalue weighted by Crippen LogP contribution is 2.20. The van der Waals surface area contributed by atoms with Crippen molar-refractivity contribution >= 4 is 27.3 Å². The number of hydrogen-bond donors (Lipinski definition) is 2. The first-order chi connectivity index (χ1) is 9.11. The second-order valence-electron chi connectivity index (χ2n) is 4.82. The van der Waals surface area contributed by atoms with E-state index in [-0.39, 0.29) is 12.4 Å². The molecule has 2 N–H and O–H groups in total. The summed E-state index contributed by atoms with van der Waals surface area (Å²) >= 11 is 0. The van der Waals surface area contributed by atoms with Gasteiger partial charge in [-0.1, -0.05) is 18.7 Å². The molecule has 0 spiro atoms. The Bertz CT molecular complexity index is 616. The zero-order valence-electron chi connectivity index (χ0n) is 12.0. The highest BCUT2D eigenvalue weighted by molar-refractivity contribution is 7.91. The first-order valence-electron chi connectivity index (χ1n) is 6.05. The van der Waals surface area contributed by atoms with Gasteiger partial charge >= 0.3 is 0 Å². The van der Waals surface area contributed by atoms with Gasteiger partial charge in [0.25, 0.3) is 0 Å². The standard InChI is InChI=1S/C12H19N3O4S/c1-6-13-20(17,18)12(4,5)11(16)14-10-7-9(8(2)3)19-15-10/h7,13H,2,6H2,1,3-5H3,(H,14,15,16). The van der Waals surface area contributed by atoms with E-state index in [0.29, 0.717) is 11.3 Å². The molecule has 1 rings (SSSR count). The molecule has 8 heteroatoms. The summed E-state index contributed by atoms with van der Waals surface area (Å²) in [6.07, 6.45) is 0. The van der Waals surface area contributed by atoms with E-state index in [1.165, 1.54) is 19.9 Å². The van der Waals surface area contributed by atoms with Crippen molar-refractivity contribution in [3.8, 4) is 0 Å². The maximum atomic E-state index is 12.1. The number of aromatic nitrogens is 1. The van der Waals surface area contributed by atoms with Gasteiger partial charge in [-0.2, -0.15) is 0 Å². The lowest BCUT2D eigenvalue weighted by Crippen LogP contribution is -2.50. The van der Waals surface area contributed by atoms with Crippen LogP contribution in [0.15, 0.2) is 17.2 Å². The largest absolute Gasteiger partial charge is 0.354 e. The molecule has 1 aromatic rings. The Morgan fingerprint density at radius 1 is 1.50 bits per heavy atom. The second-order valence-corrected chi connectivity index (χ2v) is 7.14. The summed E-state index contributed by atoms with van der Waals surface area (Å²) in [4.78, 5) is 12.1. The number of anilines is 1. The van der Waals surface area contributed by atoms with Gasteiger partial charge in [-0.3, -0.25) is 4.79 Å². The van der Waals surface area contributed by atoms with Crippen molar-refractivity contribution in [1.29, 1.82) is 0 Å². The number of nitrogens with zero attached hydrogens (tertiary/aromatic N) is 1. The van der Waals surface area contributed by atoms with Crippen LogP contribution in [0, 0.1) is 0 Å². The maximum absolute atomic E-state index is 12.1. The summed E-state index contributed by atoms with van der Waals surface area (Å²) in [6, 6.07) is 1.48. The van der Waals surface area contributed by atoms with E-state index >= 15 is 0 Å². The third-order valence-electron chi connectivity index (χ3n) is 2.73. The Labute approximate surface area is 118 Å². The van der Waals surface area contributed by atoms with Gasteiger partial charge in [0.15, 0.2) is 16.3 Å². The molecule has 0 fully saturated rings. The number of sulfonamides is 1. The van der Waals surface area contributed by atoms with Gasteiger partial charge in [-0.15, -0.1) is 0 Å². The Morgan fingerprint density at radius 2 is 2.10 bits per heavy atom. The van der Waals surface area contributed by atoms with Crippen LogP contribution in [0.25, 0.3) is 5.57 Å². The molecular formula is C12H19N3O4S. The van der Waals surface area contributed by atoms with Gasteiger partial charge in [0.1, 0.15) is 0 Å². The molecular weight excluding hydrogens is 282 g/mol. The molecule has 1 aromatic heterocycles. The molecule has 1 amide bonds. The summed E-state index contributed by atoms with van der Waals surface area (Å²) < 4.78 is 29.6. The average molecular weight is 301 g/mol. The molecule has 0 atom stereocenters. The fourth-order valence-corrected chi connectivity index (χ4v) is 2.33. The molecule has 0 aliphatic heterocycles. The van der Waals surface area contributed by atoms with Crippen LogP contribution >= 0.6 is 0 Å². The summed E-state index contributed by atoms with van der Waals surface area (Å²) in [6.45, 7) is 9.90. The van der Waals surface area contributed by atoms with Crippen molar-refractivity contribution in [2.24, 2.45) is 0 Å². The van der Waals surface area contributed by atoms with Crippen LogP contribution in [0.3, 0.4) is 0 Å². The zero-order chi connectivity index (χ0) is 15.6. The molecule has 20 heavy (non-hydrogen) atoms. The third kappa shape index (κ3) is 3.26. The van der Waals surface area contributed by atoms with E-state index in [1.54, 1.807) is 13.8 Å². The summed E-state index contributed by atoms with van der Waals surface area (Å²) in [7, 11) is -3.78. The normalized spacial score (nSPS) is 12.2. The van der Waals surface area contributed by atoms with Crippen molar-refractivity contribution < 1.29 is 17.7 Å². The highest BCUT2D eigenvalue weighted by Gasteiger charge is 2.41. The number of allylic oxidation sites excluding steroid dienone is 1. The Hall–Kier alpha value is -1.67. The number of hydrogen-bond acceptors (Lipinski definition) is 5. The van der Waals surface area contributed by atoms with Gasteiger partial charge < -0.3 is 9.84 Å². The molecule has 0 bridgehead atoms. The topological polar surface area (TPSA) is 101 Å². The van der Waals surface area contributed by atoms with Crippen molar-refractivity contribution in [3.05, 3.63) is 18.4 Å². The van der Waals surface area contributed by atoms with Crippen molar-refractivity contribution in [2.75, 3.05) is 11.9 Å². The molecule has 0 aromatic carbocycles. The summed E-state index contributed by atoms with van der Waals surface area (Å²) in [5.41, 5.74) is 0.650. The number of carbonyl (C=O) groups excluding carboxylic acids is 1. The van der Waals surface area contributed by atoms with Crippen LogP contribution in [-0.4, -0.2) is 30.8 Å².